The van der Waals surface area contributed by atoms with Crippen LogP contribution in [0, 0.1) is 11.6 Å². The highest BCUT2D eigenvalue weighted by molar-refractivity contribution is 5.55. The molecule has 0 amide bonds. The number of hydrogen-bond donors (Lipinski definition) is 1. The third-order valence-electron chi connectivity index (χ3n) is 2.02. The summed E-state index contributed by atoms with van der Waals surface area (Å²) >= 11 is 0. The van der Waals surface area contributed by atoms with Gasteiger partial charge in [-0.15, -0.1) is 4.98 Å². The number of nitrogens with one attached hydrogen (secondary N) is 1. The molecule has 0 aliphatic carbocycles. The van der Waals surface area contributed by atoms with Crippen LogP contribution in [0.25, 0.3) is 11.4 Å². The zero-order valence-electron chi connectivity index (χ0n) is 8.70. The highest BCUT2D eigenvalue weighted by atomic mass is 19.2. The Morgan fingerprint density at radius 1 is 1.29 bits per heavy atom. The number of methoxy groups -OCH3 is 1. The van der Waals surface area contributed by atoms with Gasteiger partial charge in [0.25, 0.3) is 0 Å². The molecule has 0 saturated heterocycles. The molecule has 0 fully saturated rings. The Balaban J connectivity index is 2.64. The minimum atomic E-state index is -1.09. The molecule has 1 aromatic carbocycles. The van der Waals surface area contributed by atoms with Gasteiger partial charge in [0.15, 0.2) is 11.6 Å². The second kappa shape index (κ2) is 4.28. The zero-order valence-corrected chi connectivity index (χ0v) is 8.70. The highest BCUT2D eigenvalue weighted by Gasteiger charge is 2.13. The van der Waals surface area contributed by atoms with E-state index in [-0.39, 0.29) is 17.4 Å². The molecule has 1 heterocycles. The third-order valence-corrected chi connectivity index (χ3v) is 2.02. The summed E-state index contributed by atoms with van der Waals surface area (Å²) in [7, 11) is 1.26. The van der Waals surface area contributed by atoms with Crippen molar-refractivity contribution in [1.29, 1.82) is 0 Å². The van der Waals surface area contributed by atoms with Crippen LogP contribution in [0.3, 0.4) is 0 Å². The van der Waals surface area contributed by atoms with Crippen LogP contribution < -0.4 is 10.4 Å². The topological polar surface area (TPSA) is 67.9 Å². The number of aromatic nitrogens is 3. The zero-order chi connectivity index (χ0) is 12.4. The summed E-state index contributed by atoms with van der Waals surface area (Å²) in [6, 6.07) is 3.35. The van der Waals surface area contributed by atoms with Gasteiger partial charge in [0.2, 0.25) is 0 Å². The monoisotopic (exact) mass is 239 g/mol. The van der Waals surface area contributed by atoms with Crippen molar-refractivity contribution in [3.05, 3.63) is 40.3 Å². The third kappa shape index (κ3) is 2.12. The average molecular weight is 239 g/mol. The van der Waals surface area contributed by atoms with Crippen molar-refractivity contribution in [2.24, 2.45) is 0 Å². The molecule has 2 aromatic rings. The Morgan fingerprint density at radius 2 is 2.06 bits per heavy atom. The molecule has 7 heteroatoms. The predicted octanol–water partition coefficient (Wildman–Crippen LogP) is 1.12. The fourth-order valence-electron chi connectivity index (χ4n) is 1.27. The molecule has 1 aromatic heterocycles. The molecule has 88 valence electrons. The van der Waals surface area contributed by atoms with E-state index in [0.717, 1.165) is 6.07 Å². The smallest absolute Gasteiger partial charge is 0.351 e. The van der Waals surface area contributed by atoms with Crippen LogP contribution in [0.2, 0.25) is 0 Å². The molecule has 0 aliphatic rings. The summed E-state index contributed by atoms with van der Waals surface area (Å²) in [6.45, 7) is 0. The SMILES string of the molecule is COc1nc(-c2cccc(F)c2F)[nH]c(=O)n1. The van der Waals surface area contributed by atoms with Crippen LogP contribution in [0.15, 0.2) is 23.0 Å². The predicted molar refractivity (Wildman–Crippen MR) is 54.6 cm³/mol. The maximum Gasteiger partial charge on any atom is 0.351 e. The molecule has 0 aliphatic heterocycles. The Hall–Kier alpha value is -2.31. The first-order valence-electron chi connectivity index (χ1n) is 4.58. The van der Waals surface area contributed by atoms with Gasteiger partial charge in [0.05, 0.1) is 12.7 Å². The van der Waals surface area contributed by atoms with Gasteiger partial charge in [-0.1, -0.05) is 6.07 Å². The van der Waals surface area contributed by atoms with Crippen LogP contribution in [-0.4, -0.2) is 22.1 Å². The fourth-order valence-corrected chi connectivity index (χ4v) is 1.27. The maximum atomic E-state index is 13.5. The summed E-state index contributed by atoms with van der Waals surface area (Å²) in [5.74, 6) is -2.26. The van der Waals surface area contributed by atoms with Crippen LogP contribution in [0.1, 0.15) is 0 Å². The summed E-state index contributed by atoms with van der Waals surface area (Å²) < 4.78 is 31.1. The van der Waals surface area contributed by atoms with Crippen molar-refractivity contribution >= 4 is 0 Å². The number of rotatable bonds is 2. The van der Waals surface area contributed by atoms with E-state index in [1.165, 1.54) is 19.2 Å². The maximum absolute atomic E-state index is 13.5. The van der Waals surface area contributed by atoms with Crippen molar-refractivity contribution in [2.45, 2.75) is 0 Å². The van der Waals surface area contributed by atoms with E-state index in [9.17, 15) is 13.6 Å². The fraction of sp³-hybridized carbons (Fsp3) is 0.100. The van der Waals surface area contributed by atoms with E-state index in [1.807, 2.05) is 0 Å². The Morgan fingerprint density at radius 3 is 2.76 bits per heavy atom. The van der Waals surface area contributed by atoms with Gasteiger partial charge in [0.1, 0.15) is 5.82 Å². The van der Waals surface area contributed by atoms with Crippen LogP contribution >= 0.6 is 0 Å². The second-order valence-electron chi connectivity index (χ2n) is 3.09. The minimum absolute atomic E-state index is 0.140. The average Bonchev–Trinajstić information content (AvgIpc) is 2.31. The van der Waals surface area contributed by atoms with Gasteiger partial charge in [-0.25, -0.2) is 13.6 Å². The van der Waals surface area contributed by atoms with Gasteiger partial charge in [-0.3, -0.25) is 4.98 Å². The lowest BCUT2D eigenvalue weighted by Gasteiger charge is -2.03. The van der Waals surface area contributed by atoms with E-state index in [0.29, 0.717) is 0 Å². The lowest BCUT2D eigenvalue weighted by molar-refractivity contribution is 0.376. The van der Waals surface area contributed by atoms with E-state index >= 15 is 0 Å². The molecule has 0 bridgehead atoms. The molecule has 1 N–H and O–H groups in total. The first kappa shape index (κ1) is 11.2. The van der Waals surface area contributed by atoms with Crippen molar-refractivity contribution in [3.63, 3.8) is 0 Å². The molecule has 0 saturated carbocycles. The summed E-state index contributed by atoms with van der Waals surface area (Å²) in [5.41, 5.74) is -0.918. The Kier molecular flexibility index (Phi) is 2.82. The first-order chi connectivity index (χ1) is 8.11. The van der Waals surface area contributed by atoms with Crippen LogP contribution in [-0.2, 0) is 0 Å². The molecule has 0 unspecified atom stereocenters. The summed E-state index contributed by atoms with van der Waals surface area (Å²) in [6.07, 6.45) is 0. The second-order valence-corrected chi connectivity index (χ2v) is 3.09. The summed E-state index contributed by atoms with van der Waals surface area (Å²) in [4.78, 5) is 20.4. The standard InChI is InChI=1S/C10H7F2N3O2/c1-17-10-14-8(13-9(16)15-10)5-3-2-4-6(11)7(5)12/h2-4H,1H3,(H,13,14,15,16). The Labute approximate surface area is 94.1 Å². The van der Waals surface area contributed by atoms with Crippen molar-refractivity contribution in [1.82, 2.24) is 15.0 Å². The van der Waals surface area contributed by atoms with Crippen molar-refractivity contribution in [3.8, 4) is 17.4 Å². The Bertz CT molecular complexity index is 613. The normalized spacial score (nSPS) is 10.3. The number of H-pyrrole nitrogens is 1. The van der Waals surface area contributed by atoms with E-state index in [2.05, 4.69) is 19.7 Å². The number of nitrogens with zero attached hydrogens (tertiary/aromatic N) is 2. The van der Waals surface area contributed by atoms with Gasteiger partial charge in [-0.05, 0) is 12.1 Å². The number of halogens is 2. The number of hydrogen-bond acceptors (Lipinski definition) is 4. The van der Waals surface area contributed by atoms with Crippen molar-refractivity contribution in [2.75, 3.05) is 7.11 Å². The van der Waals surface area contributed by atoms with Gasteiger partial charge in [-0.2, -0.15) is 4.98 Å². The minimum Gasteiger partial charge on any atom is -0.467 e. The van der Waals surface area contributed by atoms with E-state index in [1.54, 1.807) is 0 Å². The lowest BCUT2D eigenvalue weighted by atomic mass is 10.2. The number of aromatic amines is 1. The molecule has 0 atom stereocenters. The molecular formula is C10H7F2N3O2. The molecule has 17 heavy (non-hydrogen) atoms. The van der Waals surface area contributed by atoms with E-state index in [4.69, 9.17) is 0 Å². The molecular weight excluding hydrogens is 232 g/mol. The van der Waals surface area contributed by atoms with Gasteiger partial charge < -0.3 is 4.74 Å². The highest BCUT2D eigenvalue weighted by Crippen LogP contribution is 2.20. The number of ether oxygens (including phenoxy) is 1. The number of benzene rings is 1. The van der Waals surface area contributed by atoms with Gasteiger partial charge in [0, 0.05) is 0 Å². The van der Waals surface area contributed by atoms with E-state index < -0.39 is 17.3 Å². The molecule has 0 radical (unpaired) electrons. The lowest BCUT2D eigenvalue weighted by Crippen LogP contribution is -2.14. The molecule has 5 nitrogen and oxygen atoms in total. The molecule has 0 spiro atoms. The first-order valence-corrected chi connectivity index (χ1v) is 4.58. The quantitative estimate of drug-likeness (QED) is 0.852. The van der Waals surface area contributed by atoms with Crippen LogP contribution in [0.5, 0.6) is 6.01 Å². The van der Waals surface area contributed by atoms with Crippen LogP contribution in [0.4, 0.5) is 8.78 Å². The largest absolute Gasteiger partial charge is 0.467 e. The van der Waals surface area contributed by atoms with Gasteiger partial charge >= 0.3 is 11.7 Å². The molecule has 2 rings (SSSR count). The summed E-state index contributed by atoms with van der Waals surface area (Å²) in [5, 5.41) is 0. The van der Waals surface area contributed by atoms with Crippen molar-refractivity contribution < 1.29 is 13.5 Å².